The molecule has 0 aliphatic heterocycles. The second kappa shape index (κ2) is 9.26. The minimum Gasteiger partial charge on any atom is -0.496 e. The van der Waals surface area contributed by atoms with E-state index in [0.717, 1.165) is 14.7 Å². The van der Waals surface area contributed by atoms with Gasteiger partial charge in [0.05, 0.1) is 10.7 Å². The van der Waals surface area contributed by atoms with Gasteiger partial charge in [-0.25, -0.2) is 9.59 Å². The summed E-state index contributed by atoms with van der Waals surface area (Å²) in [6.07, 6.45) is -0.616. The highest BCUT2D eigenvalue weighted by molar-refractivity contribution is 14.1. The molecule has 0 aromatic heterocycles. The Morgan fingerprint density at radius 1 is 1.16 bits per heavy atom. The molecule has 2 rings (SSSR count). The lowest BCUT2D eigenvalue weighted by Gasteiger charge is -2.15. The van der Waals surface area contributed by atoms with Gasteiger partial charge in [-0.15, -0.1) is 0 Å². The molecule has 0 saturated heterocycles. The van der Waals surface area contributed by atoms with Gasteiger partial charge in [-0.1, -0.05) is 36.4 Å². The molecule has 132 valence electrons. The van der Waals surface area contributed by atoms with Crippen molar-refractivity contribution in [1.82, 2.24) is 5.32 Å². The van der Waals surface area contributed by atoms with Crippen molar-refractivity contribution in [2.75, 3.05) is 7.11 Å². The number of carbonyl (C=O) groups excluding carboxylic acids is 1. The van der Waals surface area contributed by atoms with E-state index in [1.54, 1.807) is 19.2 Å². The van der Waals surface area contributed by atoms with Gasteiger partial charge in [0.15, 0.2) is 0 Å². The molecular weight excluding hydrogens is 437 g/mol. The van der Waals surface area contributed by atoms with Gasteiger partial charge >= 0.3 is 12.1 Å². The molecule has 0 saturated carbocycles. The first-order valence-electron chi connectivity index (χ1n) is 7.52. The molecule has 6 nitrogen and oxygen atoms in total. The Morgan fingerprint density at radius 2 is 1.88 bits per heavy atom. The lowest BCUT2D eigenvalue weighted by Crippen LogP contribution is -2.42. The van der Waals surface area contributed by atoms with E-state index in [1.807, 2.05) is 36.4 Å². The van der Waals surface area contributed by atoms with Gasteiger partial charge in [-0.2, -0.15) is 0 Å². The van der Waals surface area contributed by atoms with Crippen LogP contribution < -0.4 is 10.1 Å². The van der Waals surface area contributed by atoms with Crippen molar-refractivity contribution in [2.24, 2.45) is 0 Å². The maximum Gasteiger partial charge on any atom is 0.408 e. The van der Waals surface area contributed by atoms with Gasteiger partial charge in [0.2, 0.25) is 0 Å². The first-order chi connectivity index (χ1) is 12.0. The van der Waals surface area contributed by atoms with Gasteiger partial charge in [-0.3, -0.25) is 0 Å². The van der Waals surface area contributed by atoms with Crippen LogP contribution >= 0.6 is 22.6 Å². The number of benzene rings is 2. The van der Waals surface area contributed by atoms with Crippen LogP contribution in [0.5, 0.6) is 5.75 Å². The van der Waals surface area contributed by atoms with Gasteiger partial charge in [0.1, 0.15) is 18.4 Å². The zero-order chi connectivity index (χ0) is 18.2. The van der Waals surface area contributed by atoms with Crippen LogP contribution in [0.15, 0.2) is 48.5 Å². The average molecular weight is 455 g/mol. The third-order valence-corrected chi connectivity index (χ3v) is 4.30. The summed E-state index contributed by atoms with van der Waals surface area (Å²) in [5, 5.41) is 11.7. The maximum absolute atomic E-state index is 11.9. The molecule has 2 aromatic carbocycles. The van der Waals surface area contributed by atoms with Crippen molar-refractivity contribution < 1.29 is 24.2 Å². The first kappa shape index (κ1) is 19.0. The van der Waals surface area contributed by atoms with E-state index in [4.69, 9.17) is 9.47 Å². The number of rotatable bonds is 7. The summed E-state index contributed by atoms with van der Waals surface area (Å²) in [7, 11) is 1.57. The summed E-state index contributed by atoms with van der Waals surface area (Å²) in [6.45, 7) is 0.0828. The third kappa shape index (κ3) is 5.93. The minimum absolute atomic E-state index is 0.0828. The largest absolute Gasteiger partial charge is 0.496 e. The first-order valence-corrected chi connectivity index (χ1v) is 8.60. The van der Waals surface area contributed by atoms with Gasteiger partial charge < -0.3 is 19.9 Å². The van der Waals surface area contributed by atoms with E-state index in [2.05, 4.69) is 27.9 Å². The Bertz CT molecular complexity index is 736. The molecule has 0 aliphatic carbocycles. The smallest absolute Gasteiger partial charge is 0.408 e. The molecule has 0 heterocycles. The summed E-state index contributed by atoms with van der Waals surface area (Å²) in [5.41, 5.74) is 1.61. The van der Waals surface area contributed by atoms with Crippen LogP contribution in [0, 0.1) is 3.57 Å². The number of amides is 1. The number of nitrogens with one attached hydrogen (secondary N) is 1. The predicted octanol–water partition coefficient (Wildman–Crippen LogP) is 3.22. The molecular formula is C18H18INO5. The fourth-order valence-electron chi connectivity index (χ4n) is 2.18. The normalized spacial score (nSPS) is 11.4. The van der Waals surface area contributed by atoms with Crippen LogP contribution in [0.2, 0.25) is 0 Å². The Kier molecular flexibility index (Phi) is 7.05. The number of hydrogen-bond acceptors (Lipinski definition) is 4. The molecule has 0 bridgehead atoms. The minimum atomic E-state index is -1.12. The number of methoxy groups -OCH3 is 1. The number of carboxylic acids is 1. The van der Waals surface area contributed by atoms with Crippen LogP contribution in [-0.2, 0) is 22.6 Å². The molecule has 0 spiro atoms. The van der Waals surface area contributed by atoms with Gasteiger partial charge in [0, 0.05) is 6.42 Å². The third-order valence-electron chi connectivity index (χ3n) is 3.46. The van der Waals surface area contributed by atoms with Crippen LogP contribution in [0.3, 0.4) is 0 Å². The Labute approximate surface area is 159 Å². The van der Waals surface area contributed by atoms with E-state index < -0.39 is 18.1 Å². The lowest BCUT2D eigenvalue weighted by atomic mass is 10.1. The van der Waals surface area contributed by atoms with E-state index in [9.17, 15) is 14.7 Å². The van der Waals surface area contributed by atoms with E-state index in [-0.39, 0.29) is 13.0 Å². The van der Waals surface area contributed by atoms with Crippen LogP contribution in [-0.4, -0.2) is 30.3 Å². The maximum atomic E-state index is 11.9. The fourth-order valence-corrected chi connectivity index (χ4v) is 2.98. The molecule has 2 aromatic rings. The van der Waals surface area contributed by atoms with E-state index >= 15 is 0 Å². The van der Waals surface area contributed by atoms with Crippen molar-refractivity contribution in [1.29, 1.82) is 0 Å². The summed E-state index contributed by atoms with van der Waals surface area (Å²) in [5.74, 6) is -0.408. The second-order valence-electron chi connectivity index (χ2n) is 5.27. The SMILES string of the molecule is COc1ccc(CC(NC(=O)OCc2ccccc2)C(=O)O)cc1I. The highest BCUT2D eigenvalue weighted by atomic mass is 127. The summed E-state index contributed by atoms with van der Waals surface area (Å²) < 4.78 is 11.1. The Morgan fingerprint density at radius 3 is 2.48 bits per heavy atom. The second-order valence-corrected chi connectivity index (χ2v) is 6.43. The number of alkyl carbamates (subject to hydrolysis) is 1. The molecule has 2 N–H and O–H groups in total. The average Bonchev–Trinajstić information content (AvgIpc) is 2.60. The Hall–Kier alpha value is -2.29. The van der Waals surface area contributed by atoms with E-state index in [0.29, 0.717) is 5.75 Å². The number of hydrogen-bond donors (Lipinski definition) is 2. The molecule has 0 radical (unpaired) electrons. The predicted molar refractivity (Wildman–Crippen MR) is 101 cm³/mol. The summed E-state index contributed by atoms with van der Waals surface area (Å²) in [4.78, 5) is 23.3. The fraction of sp³-hybridized carbons (Fsp3) is 0.222. The van der Waals surface area contributed by atoms with Crippen molar-refractivity contribution in [3.05, 3.63) is 63.2 Å². The topological polar surface area (TPSA) is 84.9 Å². The Balaban J connectivity index is 1.95. The number of aliphatic carboxylic acids is 1. The van der Waals surface area contributed by atoms with Crippen molar-refractivity contribution in [3.8, 4) is 5.75 Å². The van der Waals surface area contributed by atoms with Crippen LogP contribution in [0.25, 0.3) is 0 Å². The summed E-state index contributed by atoms with van der Waals surface area (Å²) >= 11 is 2.11. The summed E-state index contributed by atoms with van der Waals surface area (Å²) in [6, 6.07) is 13.5. The zero-order valence-electron chi connectivity index (χ0n) is 13.6. The monoisotopic (exact) mass is 455 g/mol. The molecule has 0 fully saturated rings. The quantitative estimate of drug-likeness (QED) is 0.627. The van der Waals surface area contributed by atoms with E-state index in [1.165, 1.54) is 0 Å². The lowest BCUT2D eigenvalue weighted by molar-refractivity contribution is -0.139. The number of halogens is 1. The number of carboxylic acid groups (broad SMARTS) is 1. The highest BCUT2D eigenvalue weighted by Gasteiger charge is 2.21. The number of carbonyl (C=O) groups is 2. The van der Waals surface area contributed by atoms with Crippen LogP contribution in [0.1, 0.15) is 11.1 Å². The highest BCUT2D eigenvalue weighted by Crippen LogP contribution is 2.22. The molecule has 25 heavy (non-hydrogen) atoms. The molecule has 0 aliphatic rings. The van der Waals surface area contributed by atoms with Crippen molar-refractivity contribution in [2.45, 2.75) is 19.1 Å². The van der Waals surface area contributed by atoms with Crippen molar-refractivity contribution in [3.63, 3.8) is 0 Å². The number of ether oxygens (including phenoxy) is 2. The van der Waals surface area contributed by atoms with Gasteiger partial charge in [0.25, 0.3) is 0 Å². The molecule has 1 unspecified atom stereocenters. The molecule has 1 amide bonds. The molecule has 7 heteroatoms. The molecule has 1 atom stereocenters. The van der Waals surface area contributed by atoms with Crippen molar-refractivity contribution >= 4 is 34.7 Å². The van der Waals surface area contributed by atoms with Gasteiger partial charge in [-0.05, 0) is 45.9 Å². The van der Waals surface area contributed by atoms with Crippen LogP contribution in [0.4, 0.5) is 4.79 Å². The standard InChI is InChI=1S/C18H18INO5/c1-24-16-8-7-13(9-14(16)19)10-15(17(21)22)20-18(23)25-11-12-5-3-2-4-6-12/h2-9,15H,10-11H2,1H3,(H,20,23)(H,21,22). The zero-order valence-corrected chi connectivity index (χ0v) is 15.7.